The Hall–Kier alpha value is -1.17. The van der Waals surface area contributed by atoms with Crippen molar-refractivity contribution in [2.75, 3.05) is 20.1 Å². The number of halogens is 2. The molecule has 0 atom stereocenters. The molecule has 2 heterocycles. The number of piperidine rings is 1. The van der Waals surface area contributed by atoms with E-state index in [9.17, 15) is 9.59 Å². The van der Waals surface area contributed by atoms with Crippen LogP contribution in [0.15, 0.2) is 18.2 Å². The van der Waals surface area contributed by atoms with Crippen LogP contribution in [0, 0.1) is 5.92 Å². The SMILES string of the molecule is CN1CCC(C(=O)c2cccc(C(=O)NC3CC3)n2)CC1.Cl.Cl. The Kier molecular flexibility index (Phi) is 7.45. The summed E-state index contributed by atoms with van der Waals surface area (Å²) in [5.41, 5.74) is 0.772. The van der Waals surface area contributed by atoms with E-state index in [4.69, 9.17) is 0 Å². The van der Waals surface area contributed by atoms with Crippen LogP contribution in [-0.2, 0) is 0 Å². The van der Waals surface area contributed by atoms with E-state index in [-0.39, 0.29) is 42.4 Å². The fourth-order valence-electron chi connectivity index (χ4n) is 2.67. The van der Waals surface area contributed by atoms with E-state index in [2.05, 4.69) is 22.2 Å². The molecule has 7 heteroatoms. The molecule has 0 aromatic carbocycles. The Morgan fingerprint density at radius 2 is 1.70 bits per heavy atom. The van der Waals surface area contributed by atoms with Crippen LogP contribution in [0.4, 0.5) is 0 Å². The van der Waals surface area contributed by atoms with Crippen molar-refractivity contribution in [1.82, 2.24) is 15.2 Å². The summed E-state index contributed by atoms with van der Waals surface area (Å²) >= 11 is 0. The minimum atomic E-state index is -0.171. The monoisotopic (exact) mass is 359 g/mol. The summed E-state index contributed by atoms with van der Waals surface area (Å²) < 4.78 is 0. The van der Waals surface area contributed by atoms with Gasteiger partial charge in [0, 0.05) is 12.0 Å². The van der Waals surface area contributed by atoms with E-state index in [0.717, 1.165) is 38.8 Å². The van der Waals surface area contributed by atoms with Crippen molar-refractivity contribution < 1.29 is 9.59 Å². The molecule has 1 saturated heterocycles. The van der Waals surface area contributed by atoms with Crippen LogP contribution in [-0.4, -0.2) is 47.8 Å². The van der Waals surface area contributed by atoms with Crippen molar-refractivity contribution in [1.29, 1.82) is 0 Å². The fourth-order valence-corrected chi connectivity index (χ4v) is 2.67. The zero-order chi connectivity index (χ0) is 14.8. The highest BCUT2D eigenvalue weighted by Gasteiger charge is 2.27. The molecular formula is C16H23Cl2N3O2. The second-order valence-corrected chi connectivity index (χ2v) is 6.10. The van der Waals surface area contributed by atoms with Gasteiger partial charge in [-0.25, -0.2) is 4.98 Å². The lowest BCUT2D eigenvalue weighted by Gasteiger charge is -2.27. The van der Waals surface area contributed by atoms with Crippen LogP contribution in [0.1, 0.15) is 46.7 Å². The van der Waals surface area contributed by atoms with Crippen molar-refractivity contribution in [2.24, 2.45) is 5.92 Å². The van der Waals surface area contributed by atoms with Gasteiger partial charge in [-0.15, -0.1) is 24.8 Å². The summed E-state index contributed by atoms with van der Waals surface area (Å²) in [5.74, 6) is -0.0601. The number of nitrogens with zero attached hydrogens (tertiary/aromatic N) is 2. The summed E-state index contributed by atoms with van der Waals surface area (Å²) in [5, 5.41) is 2.90. The fraction of sp³-hybridized carbons (Fsp3) is 0.562. The van der Waals surface area contributed by atoms with E-state index in [1.165, 1.54) is 0 Å². The van der Waals surface area contributed by atoms with Gasteiger partial charge in [0.15, 0.2) is 5.78 Å². The predicted octanol–water partition coefficient (Wildman–Crippen LogP) is 2.34. The minimum absolute atomic E-state index is 0. The van der Waals surface area contributed by atoms with E-state index in [1.54, 1.807) is 18.2 Å². The summed E-state index contributed by atoms with van der Waals surface area (Å²) in [7, 11) is 2.07. The minimum Gasteiger partial charge on any atom is -0.348 e. The van der Waals surface area contributed by atoms with Crippen molar-refractivity contribution in [3.05, 3.63) is 29.6 Å². The number of hydrogen-bond donors (Lipinski definition) is 1. The molecular weight excluding hydrogens is 337 g/mol. The first-order chi connectivity index (χ1) is 10.1. The number of pyridine rings is 1. The average molecular weight is 360 g/mol. The van der Waals surface area contributed by atoms with Crippen LogP contribution >= 0.6 is 24.8 Å². The van der Waals surface area contributed by atoms with Gasteiger partial charge in [0.1, 0.15) is 11.4 Å². The van der Waals surface area contributed by atoms with Crippen LogP contribution in [0.5, 0.6) is 0 Å². The van der Waals surface area contributed by atoms with Gasteiger partial charge in [-0.05, 0) is 58.0 Å². The van der Waals surface area contributed by atoms with E-state index >= 15 is 0 Å². The molecule has 1 aliphatic carbocycles. The largest absolute Gasteiger partial charge is 0.348 e. The summed E-state index contributed by atoms with van der Waals surface area (Å²) in [6, 6.07) is 5.43. The van der Waals surface area contributed by atoms with E-state index < -0.39 is 0 Å². The highest BCUT2D eigenvalue weighted by atomic mass is 35.5. The Morgan fingerprint density at radius 1 is 1.09 bits per heavy atom. The molecule has 0 unspecified atom stereocenters. The first-order valence-corrected chi connectivity index (χ1v) is 7.64. The predicted molar refractivity (Wildman–Crippen MR) is 93.8 cm³/mol. The molecule has 0 radical (unpaired) electrons. The summed E-state index contributed by atoms with van der Waals surface area (Å²) in [6.45, 7) is 1.89. The number of nitrogens with one attached hydrogen (secondary N) is 1. The number of carbonyl (C=O) groups is 2. The maximum absolute atomic E-state index is 12.5. The number of aromatic nitrogens is 1. The normalized spacial score (nSPS) is 18.5. The second kappa shape index (κ2) is 8.62. The van der Waals surface area contributed by atoms with Gasteiger partial charge in [0.25, 0.3) is 5.91 Å². The molecule has 1 amide bonds. The van der Waals surface area contributed by atoms with Crippen molar-refractivity contribution in [2.45, 2.75) is 31.7 Å². The van der Waals surface area contributed by atoms with Crippen molar-refractivity contribution >= 4 is 36.5 Å². The lowest BCUT2D eigenvalue weighted by Crippen LogP contribution is -2.34. The van der Waals surface area contributed by atoms with Gasteiger partial charge in [0.2, 0.25) is 0 Å². The third kappa shape index (κ3) is 5.16. The molecule has 128 valence electrons. The molecule has 2 fully saturated rings. The molecule has 23 heavy (non-hydrogen) atoms. The number of carbonyl (C=O) groups excluding carboxylic acids is 2. The maximum Gasteiger partial charge on any atom is 0.270 e. The first-order valence-electron chi connectivity index (χ1n) is 7.64. The van der Waals surface area contributed by atoms with Crippen molar-refractivity contribution in [3.8, 4) is 0 Å². The third-order valence-electron chi connectivity index (χ3n) is 4.24. The quantitative estimate of drug-likeness (QED) is 0.838. The van der Waals surface area contributed by atoms with Crippen LogP contribution in [0.2, 0.25) is 0 Å². The highest BCUT2D eigenvalue weighted by Crippen LogP contribution is 2.21. The standard InChI is InChI=1S/C16H21N3O2.2ClH/c1-19-9-7-11(8-10-19)15(20)13-3-2-4-14(18-13)16(21)17-12-5-6-12;;/h2-4,11-12H,5-10H2,1H3,(H,17,21);2*1H. The molecule has 1 N–H and O–H groups in total. The molecule has 0 bridgehead atoms. The summed E-state index contributed by atoms with van der Waals surface area (Å²) in [6.07, 6.45) is 3.82. The lowest BCUT2D eigenvalue weighted by atomic mass is 9.91. The Morgan fingerprint density at radius 3 is 2.30 bits per heavy atom. The number of Topliss-reactive ketones (excluding diaryl/α,β-unsaturated/α-hetero) is 1. The molecule has 3 rings (SSSR count). The Balaban J connectivity index is 0.00000132. The molecule has 1 aromatic heterocycles. The molecule has 1 aliphatic heterocycles. The van der Waals surface area contributed by atoms with Crippen LogP contribution in [0.25, 0.3) is 0 Å². The van der Waals surface area contributed by atoms with Crippen LogP contribution in [0.3, 0.4) is 0 Å². The summed E-state index contributed by atoms with van der Waals surface area (Å²) in [4.78, 5) is 31.0. The number of amides is 1. The van der Waals surface area contributed by atoms with Gasteiger partial charge in [-0.2, -0.15) is 0 Å². The molecule has 0 spiro atoms. The van der Waals surface area contributed by atoms with Gasteiger partial charge in [-0.1, -0.05) is 6.07 Å². The first kappa shape index (κ1) is 19.9. The zero-order valence-corrected chi connectivity index (χ0v) is 14.8. The smallest absolute Gasteiger partial charge is 0.270 e. The Bertz CT molecular complexity index is 556. The molecule has 1 aromatic rings. The van der Waals surface area contributed by atoms with Gasteiger partial charge >= 0.3 is 0 Å². The number of likely N-dealkylation sites (tertiary alicyclic amines) is 1. The van der Waals surface area contributed by atoms with E-state index in [1.807, 2.05) is 0 Å². The van der Waals surface area contributed by atoms with E-state index in [0.29, 0.717) is 17.4 Å². The van der Waals surface area contributed by atoms with Gasteiger partial charge < -0.3 is 10.2 Å². The molecule has 2 aliphatic rings. The zero-order valence-electron chi connectivity index (χ0n) is 13.2. The topological polar surface area (TPSA) is 62.3 Å². The Labute approximate surface area is 149 Å². The van der Waals surface area contributed by atoms with Crippen LogP contribution < -0.4 is 5.32 Å². The average Bonchev–Trinajstić information content (AvgIpc) is 3.31. The van der Waals surface area contributed by atoms with Gasteiger partial charge in [0.05, 0.1) is 0 Å². The second-order valence-electron chi connectivity index (χ2n) is 6.10. The lowest BCUT2D eigenvalue weighted by molar-refractivity contribution is 0.0851. The van der Waals surface area contributed by atoms with Crippen molar-refractivity contribution in [3.63, 3.8) is 0 Å². The molecule has 1 saturated carbocycles. The molecule has 5 nitrogen and oxygen atoms in total. The van der Waals surface area contributed by atoms with Gasteiger partial charge in [-0.3, -0.25) is 9.59 Å². The maximum atomic E-state index is 12.5. The highest BCUT2D eigenvalue weighted by molar-refractivity contribution is 5.98. The number of rotatable bonds is 4. The third-order valence-corrected chi connectivity index (χ3v) is 4.24. The number of hydrogen-bond acceptors (Lipinski definition) is 4. The number of ketones is 1.